The fourth-order valence-corrected chi connectivity index (χ4v) is 1.80. The van der Waals surface area contributed by atoms with Crippen LogP contribution in [0.2, 0.25) is 0 Å². The number of aromatic nitrogens is 1. The smallest absolute Gasteiger partial charge is 0.253 e. The van der Waals surface area contributed by atoms with Crippen molar-refractivity contribution in [2.24, 2.45) is 0 Å². The van der Waals surface area contributed by atoms with Gasteiger partial charge in [-0.05, 0) is 18.2 Å². The van der Waals surface area contributed by atoms with E-state index < -0.39 is 0 Å². The van der Waals surface area contributed by atoms with E-state index in [4.69, 9.17) is 4.74 Å². The summed E-state index contributed by atoms with van der Waals surface area (Å²) in [5, 5.41) is 5.90. The van der Waals surface area contributed by atoms with Gasteiger partial charge in [0.25, 0.3) is 5.91 Å². The van der Waals surface area contributed by atoms with Gasteiger partial charge >= 0.3 is 0 Å². The van der Waals surface area contributed by atoms with Crippen molar-refractivity contribution in [1.29, 1.82) is 0 Å². The molecule has 0 bridgehead atoms. The lowest BCUT2D eigenvalue weighted by Gasteiger charge is -2.11. The fraction of sp³-hybridized carbons (Fsp3) is 0.125. The molecule has 5 nitrogen and oxygen atoms in total. The summed E-state index contributed by atoms with van der Waals surface area (Å²) in [6, 6.07) is 9.28. The molecule has 2 aromatic rings. The molecule has 5 heteroatoms. The summed E-state index contributed by atoms with van der Waals surface area (Å²) in [4.78, 5) is 16.0. The van der Waals surface area contributed by atoms with Gasteiger partial charge in [0.1, 0.15) is 5.75 Å². The highest BCUT2D eigenvalue weighted by molar-refractivity contribution is 5.95. The molecule has 2 N–H and O–H groups in total. The van der Waals surface area contributed by atoms with Crippen LogP contribution in [-0.2, 0) is 0 Å². The lowest BCUT2D eigenvalue weighted by Crippen LogP contribution is -2.23. The third kappa shape index (κ3) is 3.82. The van der Waals surface area contributed by atoms with Crippen molar-refractivity contribution in [3.63, 3.8) is 0 Å². The summed E-state index contributed by atoms with van der Waals surface area (Å²) in [6.07, 6.45) is 4.80. The number of pyridine rings is 1. The van der Waals surface area contributed by atoms with Crippen molar-refractivity contribution < 1.29 is 9.53 Å². The standard InChI is InChI=1S/C16H17N3O2/c1-3-8-18-16(20)12-9-13(11-17-10-12)19-14-6-4-5-7-15(14)21-2/h3-7,9-11,19H,1,8H2,2H3,(H,18,20). The Kier molecular flexibility index (Phi) is 4.93. The number of nitrogens with one attached hydrogen (secondary N) is 2. The van der Waals surface area contributed by atoms with Crippen LogP contribution in [0.25, 0.3) is 0 Å². The summed E-state index contributed by atoms with van der Waals surface area (Å²) in [7, 11) is 1.61. The number of carbonyl (C=O) groups excluding carboxylic acids is 1. The van der Waals surface area contributed by atoms with Gasteiger partial charge in [-0.25, -0.2) is 0 Å². The number of methoxy groups -OCH3 is 1. The van der Waals surface area contributed by atoms with Crippen LogP contribution in [0.4, 0.5) is 11.4 Å². The molecule has 0 saturated carbocycles. The number of anilines is 2. The van der Waals surface area contributed by atoms with Crippen LogP contribution in [0.1, 0.15) is 10.4 Å². The van der Waals surface area contributed by atoms with Gasteiger partial charge in [0.15, 0.2) is 0 Å². The first-order chi connectivity index (χ1) is 10.2. The molecule has 1 aromatic heterocycles. The van der Waals surface area contributed by atoms with Crippen LogP contribution in [0.3, 0.4) is 0 Å². The predicted molar refractivity (Wildman–Crippen MR) is 83.0 cm³/mol. The molecule has 0 saturated heterocycles. The molecule has 0 atom stereocenters. The van der Waals surface area contributed by atoms with Crippen molar-refractivity contribution in [1.82, 2.24) is 10.3 Å². The van der Waals surface area contributed by atoms with E-state index in [1.54, 1.807) is 25.4 Å². The van der Waals surface area contributed by atoms with E-state index in [0.29, 0.717) is 17.8 Å². The molecular weight excluding hydrogens is 266 g/mol. The largest absolute Gasteiger partial charge is 0.495 e. The third-order valence-corrected chi connectivity index (χ3v) is 2.79. The van der Waals surface area contributed by atoms with Gasteiger partial charge in [0, 0.05) is 12.7 Å². The monoisotopic (exact) mass is 283 g/mol. The molecule has 1 aromatic carbocycles. The van der Waals surface area contributed by atoms with Crippen molar-refractivity contribution in [3.05, 3.63) is 60.9 Å². The maximum Gasteiger partial charge on any atom is 0.253 e. The number of para-hydroxylation sites is 2. The Morgan fingerprint density at radius 3 is 2.95 bits per heavy atom. The van der Waals surface area contributed by atoms with Crippen molar-refractivity contribution in [2.75, 3.05) is 19.0 Å². The quantitative estimate of drug-likeness (QED) is 0.800. The predicted octanol–water partition coefficient (Wildman–Crippen LogP) is 2.75. The van der Waals surface area contributed by atoms with Crippen molar-refractivity contribution >= 4 is 17.3 Å². The summed E-state index contributed by atoms with van der Waals surface area (Å²) >= 11 is 0. The average molecular weight is 283 g/mol. The number of hydrogen-bond donors (Lipinski definition) is 2. The molecule has 21 heavy (non-hydrogen) atoms. The highest BCUT2D eigenvalue weighted by Gasteiger charge is 2.07. The molecule has 2 rings (SSSR count). The van der Waals surface area contributed by atoms with E-state index in [0.717, 1.165) is 11.4 Å². The van der Waals surface area contributed by atoms with Gasteiger partial charge in [0.05, 0.1) is 30.2 Å². The molecular formula is C16H17N3O2. The van der Waals surface area contributed by atoms with Gasteiger partial charge in [-0.1, -0.05) is 18.2 Å². The number of amides is 1. The van der Waals surface area contributed by atoms with E-state index in [1.807, 2.05) is 24.3 Å². The minimum Gasteiger partial charge on any atom is -0.495 e. The first-order valence-corrected chi connectivity index (χ1v) is 6.48. The molecule has 0 radical (unpaired) electrons. The van der Waals surface area contributed by atoms with Crippen LogP contribution < -0.4 is 15.4 Å². The molecule has 0 fully saturated rings. The average Bonchev–Trinajstić information content (AvgIpc) is 2.53. The van der Waals surface area contributed by atoms with E-state index in [2.05, 4.69) is 22.2 Å². The molecule has 0 unspecified atom stereocenters. The van der Waals surface area contributed by atoms with Gasteiger partial charge in [-0.2, -0.15) is 0 Å². The lowest BCUT2D eigenvalue weighted by atomic mass is 10.2. The Morgan fingerprint density at radius 1 is 1.38 bits per heavy atom. The number of hydrogen-bond acceptors (Lipinski definition) is 4. The number of benzene rings is 1. The Morgan fingerprint density at radius 2 is 2.19 bits per heavy atom. The van der Waals surface area contributed by atoms with Gasteiger partial charge in [0.2, 0.25) is 0 Å². The molecule has 0 aliphatic heterocycles. The molecule has 1 heterocycles. The van der Waals surface area contributed by atoms with Gasteiger partial charge in [-0.15, -0.1) is 6.58 Å². The zero-order chi connectivity index (χ0) is 15.1. The second-order valence-electron chi connectivity index (χ2n) is 4.29. The maximum atomic E-state index is 11.9. The second kappa shape index (κ2) is 7.09. The Hall–Kier alpha value is -2.82. The molecule has 0 aliphatic rings. The van der Waals surface area contributed by atoms with Crippen LogP contribution >= 0.6 is 0 Å². The minimum atomic E-state index is -0.189. The number of nitrogens with zero attached hydrogens (tertiary/aromatic N) is 1. The van der Waals surface area contributed by atoms with Crippen LogP contribution in [0.5, 0.6) is 5.75 Å². The zero-order valence-electron chi connectivity index (χ0n) is 11.8. The van der Waals surface area contributed by atoms with Crippen LogP contribution in [0.15, 0.2) is 55.4 Å². The van der Waals surface area contributed by atoms with Crippen molar-refractivity contribution in [3.8, 4) is 5.75 Å². The molecule has 0 spiro atoms. The van der Waals surface area contributed by atoms with Crippen LogP contribution in [-0.4, -0.2) is 24.5 Å². The Balaban J connectivity index is 2.17. The normalized spacial score (nSPS) is 9.76. The van der Waals surface area contributed by atoms with E-state index in [9.17, 15) is 4.79 Å². The Labute approximate surface area is 123 Å². The molecule has 1 amide bonds. The van der Waals surface area contributed by atoms with E-state index in [-0.39, 0.29) is 5.91 Å². The summed E-state index contributed by atoms with van der Waals surface area (Å²) in [6.45, 7) is 3.98. The number of carbonyl (C=O) groups is 1. The summed E-state index contributed by atoms with van der Waals surface area (Å²) in [5.41, 5.74) is 2.01. The number of rotatable bonds is 6. The maximum absolute atomic E-state index is 11.9. The molecule has 108 valence electrons. The SMILES string of the molecule is C=CCNC(=O)c1cncc(Nc2ccccc2OC)c1. The first kappa shape index (κ1) is 14.6. The fourth-order valence-electron chi connectivity index (χ4n) is 1.80. The third-order valence-electron chi connectivity index (χ3n) is 2.79. The first-order valence-electron chi connectivity index (χ1n) is 6.48. The highest BCUT2D eigenvalue weighted by Crippen LogP contribution is 2.26. The summed E-state index contributed by atoms with van der Waals surface area (Å²) in [5.74, 6) is 0.532. The second-order valence-corrected chi connectivity index (χ2v) is 4.29. The van der Waals surface area contributed by atoms with Crippen molar-refractivity contribution in [2.45, 2.75) is 0 Å². The zero-order valence-corrected chi connectivity index (χ0v) is 11.8. The Bertz CT molecular complexity index is 641. The minimum absolute atomic E-state index is 0.189. The number of ether oxygens (including phenoxy) is 1. The van der Waals surface area contributed by atoms with Crippen LogP contribution in [0, 0.1) is 0 Å². The van der Waals surface area contributed by atoms with E-state index in [1.165, 1.54) is 6.20 Å². The lowest BCUT2D eigenvalue weighted by molar-refractivity contribution is 0.0957. The highest BCUT2D eigenvalue weighted by atomic mass is 16.5. The van der Waals surface area contributed by atoms with Gasteiger partial charge < -0.3 is 15.4 Å². The topological polar surface area (TPSA) is 63.2 Å². The molecule has 0 aliphatic carbocycles. The summed E-state index contributed by atoms with van der Waals surface area (Å²) < 4.78 is 5.28. The van der Waals surface area contributed by atoms with Gasteiger partial charge in [-0.3, -0.25) is 9.78 Å². The van der Waals surface area contributed by atoms with E-state index >= 15 is 0 Å².